The molecule has 7 N–H and O–H groups in total. The predicted octanol–water partition coefficient (Wildman–Crippen LogP) is -0.925. The molecule has 39 heavy (non-hydrogen) atoms. The van der Waals surface area contributed by atoms with Crippen LogP contribution >= 0.6 is 0 Å². The number of rotatable bonds is 16. The molecule has 12 nitrogen and oxygen atoms in total. The predicted molar refractivity (Wildman–Crippen MR) is 146 cm³/mol. The van der Waals surface area contributed by atoms with Gasteiger partial charge in [0, 0.05) is 6.42 Å². The highest BCUT2D eigenvalue weighted by molar-refractivity contribution is 5.95. The first-order valence-corrected chi connectivity index (χ1v) is 13.0. The molecule has 0 bridgehead atoms. The van der Waals surface area contributed by atoms with Crippen molar-refractivity contribution in [3.8, 4) is 0 Å². The third-order valence-electron chi connectivity index (χ3n) is 5.79. The number of nitrogens with one attached hydrogen (secondary N) is 5. The lowest BCUT2D eigenvalue weighted by Crippen LogP contribution is -2.59. The molecule has 0 fully saturated rings. The summed E-state index contributed by atoms with van der Waals surface area (Å²) in [5, 5.41) is 12.8. The van der Waals surface area contributed by atoms with E-state index in [0.29, 0.717) is 0 Å². The highest BCUT2D eigenvalue weighted by atomic mass is 16.2. The second-order valence-electron chi connectivity index (χ2n) is 10.0. The molecule has 4 atom stereocenters. The van der Waals surface area contributed by atoms with Crippen LogP contribution in [0.2, 0.25) is 0 Å². The number of hydrogen-bond donors (Lipinski definition) is 6. The van der Waals surface area contributed by atoms with Gasteiger partial charge in [0.25, 0.3) is 0 Å². The molecule has 0 aliphatic carbocycles. The first-order chi connectivity index (χ1) is 18.4. The Labute approximate surface area is 229 Å². The van der Waals surface area contributed by atoms with E-state index in [2.05, 4.69) is 26.6 Å². The van der Waals surface area contributed by atoms with Crippen LogP contribution in [0.15, 0.2) is 30.3 Å². The van der Waals surface area contributed by atoms with Crippen molar-refractivity contribution in [1.82, 2.24) is 26.6 Å². The smallest absolute Gasteiger partial charge is 0.243 e. The van der Waals surface area contributed by atoms with Crippen molar-refractivity contribution in [2.24, 2.45) is 17.6 Å². The average Bonchev–Trinajstić information content (AvgIpc) is 2.89. The van der Waals surface area contributed by atoms with Gasteiger partial charge in [-0.3, -0.25) is 28.8 Å². The second-order valence-corrected chi connectivity index (χ2v) is 10.0. The quantitative estimate of drug-likeness (QED) is 0.155. The van der Waals surface area contributed by atoms with Gasteiger partial charge in [-0.05, 0) is 30.7 Å². The summed E-state index contributed by atoms with van der Waals surface area (Å²) in [4.78, 5) is 73.9. The van der Waals surface area contributed by atoms with Gasteiger partial charge in [0.2, 0.25) is 35.8 Å². The zero-order chi connectivity index (χ0) is 29.5. The van der Waals surface area contributed by atoms with Crippen LogP contribution < -0.4 is 32.3 Å². The molecule has 4 unspecified atom stereocenters. The molecule has 0 aromatic heterocycles. The number of benzene rings is 1. The molecule has 0 saturated heterocycles. The van der Waals surface area contributed by atoms with Crippen molar-refractivity contribution in [2.45, 2.75) is 71.6 Å². The van der Waals surface area contributed by atoms with Crippen LogP contribution in [0.5, 0.6) is 0 Å². The Morgan fingerprint density at radius 2 is 1.41 bits per heavy atom. The summed E-state index contributed by atoms with van der Waals surface area (Å²) in [6, 6.07) is 5.07. The number of hydrogen-bond acceptors (Lipinski definition) is 7. The number of carbonyl (C=O) groups is 5. The average molecular weight is 546 g/mol. The molecule has 0 aliphatic rings. The van der Waals surface area contributed by atoms with E-state index in [9.17, 15) is 28.8 Å². The summed E-state index contributed by atoms with van der Waals surface area (Å²) < 4.78 is 0. The van der Waals surface area contributed by atoms with Crippen LogP contribution in [0.3, 0.4) is 0 Å². The molecule has 1 rings (SSSR count). The molecule has 12 heteroatoms. The van der Waals surface area contributed by atoms with Gasteiger partial charge in [0.1, 0.15) is 24.2 Å². The van der Waals surface area contributed by atoms with Gasteiger partial charge in [-0.1, -0.05) is 58.0 Å². The van der Waals surface area contributed by atoms with E-state index in [0.717, 1.165) is 5.56 Å². The van der Waals surface area contributed by atoms with Gasteiger partial charge in [-0.25, -0.2) is 0 Å². The lowest BCUT2D eigenvalue weighted by molar-refractivity contribution is -0.134. The van der Waals surface area contributed by atoms with Gasteiger partial charge >= 0.3 is 0 Å². The van der Waals surface area contributed by atoms with Crippen molar-refractivity contribution in [1.29, 1.82) is 0 Å². The normalized spacial score (nSPS) is 13.9. The van der Waals surface area contributed by atoms with Crippen molar-refractivity contribution in [3.05, 3.63) is 35.9 Å². The van der Waals surface area contributed by atoms with Gasteiger partial charge in [0.05, 0.1) is 13.1 Å². The molecule has 0 aliphatic heterocycles. The van der Waals surface area contributed by atoms with E-state index in [-0.39, 0.29) is 37.8 Å². The molecule has 1 aromatic carbocycles. The fourth-order valence-corrected chi connectivity index (χ4v) is 3.71. The summed E-state index contributed by atoms with van der Waals surface area (Å²) in [6.07, 6.45) is 2.02. The standard InChI is InChI=1S/C27H41N6O6/c1-16(2)13-20(32-27(39)23(17(3)4)33-22(35)15-28)26(38)30-18(5)24(36)31-21(25(37)29-11-12-34)14-19-9-7-6-8-10-19/h6-10,16-18,20-21,23H,11,13-15,28H2,1-5H3,(H,29,37)(H,30,38)(H,31,36)(H,32,39)(H,33,35). The highest BCUT2D eigenvalue weighted by Gasteiger charge is 2.31. The first-order valence-electron chi connectivity index (χ1n) is 13.0. The summed E-state index contributed by atoms with van der Waals surface area (Å²) in [6.45, 7) is 8.10. The molecular formula is C27H41N6O6. The van der Waals surface area contributed by atoms with E-state index in [1.807, 2.05) is 19.9 Å². The Kier molecular flexibility index (Phi) is 14.4. The molecule has 5 amide bonds. The van der Waals surface area contributed by atoms with Gasteiger partial charge in [0.15, 0.2) is 0 Å². The van der Waals surface area contributed by atoms with E-state index in [1.165, 1.54) is 6.92 Å². The lowest BCUT2D eigenvalue weighted by Gasteiger charge is -2.27. The van der Waals surface area contributed by atoms with Crippen LogP contribution in [0.4, 0.5) is 0 Å². The summed E-state index contributed by atoms with van der Waals surface area (Å²) in [5.41, 5.74) is 6.13. The molecule has 0 spiro atoms. The van der Waals surface area contributed by atoms with E-state index < -0.39 is 53.7 Å². The summed E-state index contributed by atoms with van der Waals surface area (Å²) in [5.74, 6) is -3.08. The zero-order valence-corrected chi connectivity index (χ0v) is 23.2. The Morgan fingerprint density at radius 3 is 1.95 bits per heavy atom. The molecule has 1 aromatic rings. The minimum Gasteiger partial charge on any atom is -0.347 e. The largest absolute Gasteiger partial charge is 0.347 e. The Morgan fingerprint density at radius 1 is 0.795 bits per heavy atom. The summed E-state index contributed by atoms with van der Waals surface area (Å²) >= 11 is 0. The number of nitrogens with two attached hydrogens (primary N) is 1. The maximum absolute atomic E-state index is 13.1. The molecule has 0 heterocycles. The van der Waals surface area contributed by atoms with E-state index in [1.54, 1.807) is 44.4 Å². The van der Waals surface area contributed by atoms with Crippen molar-refractivity contribution >= 4 is 35.8 Å². The van der Waals surface area contributed by atoms with Gasteiger partial charge < -0.3 is 32.3 Å². The van der Waals surface area contributed by atoms with E-state index in [4.69, 9.17) is 5.73 Å². The Hall–Kier alpha value is -3.80. The lowest BCUT2D eigenvalue weighted by atomic mass is 9.99. The van der Waals surface area contributed by atoms with Crippen molar-refractivity contribution in [2.75, 3.05) is 13.1 Å². The topological polar surface area (TPSA) is 189 Å². The molecule has 215 valence electrons. The maximum atomic E-state index is 13.1. The molecule has 1 radical (unpaired) electrons. The maximum Gasteiger partial charge on any atom is 0.243 e. The number of amides is 5. The first kappa shape index (κ1) is 33.2. The van der Waals surface area contributed by atoms with Crippen LogP contribution in [-0.2, 0) is 35.2 Å². The third kappa shape index (κ3) is 12.1. The Balaban J connectivity index is 2.95. The fraction of sp³-hybridized carbons (Fsp3) is 0.556. The zero-order valence-electron chi connectivity index (χ0n) is 23.2. The van der Waals surface area contributed by atoms with Crippen LogP contribution in [0, 0.1) is 11.8 Å². The number of carbonyl (C=O) groups excluding carboxylic acids is 6. The van der Waals surface area contributed by atoms with Crippen LogP contribution in [0.25, 0.3) is 0 Å². The van der Waals surface area contributed by atoms with Crippen LogP contribution in [0.1, 0.15) is 46.6 Å². The minimum absolute atomic E-state index is 0.0230. The van der Waals surface area contributed by atoms with Crippen molar-refractivity contribution < 1.29 is 28.8 Å². The summed E-state index contributed by atoms with van der Waals surface area (Å²) in [7, 11) is 0. The van der Waals surface area contributed by atoms with Gasteiger partial charge in [-0.2, -0.15) is 0 Å². The fourth-order valence-electron chi connectivity index (χ4n) is 3.71. The van der Waals surface area contributed by atoms with Gasteiger partial charge in [-0.15, -0.1) is 0 Å². The van der Waals surface area contributed by atoms with Crippen molar-refractivity contribution in [3.63, 3.8) is 0 Å². The monoisotopic (exact) mass is 545 g/mol. The van der Waals surface area contributed by atoms with Crippen LogP contribution in [-0.4, -0.2) is 73.1 Å². The highest BCUT2D eigenvalue weighted by Crippen LogP contribution is 2.09. The second kappa shape index (κ2) is 16.9. The molecule has 0 saturated carbocycles. The SMILES string of the molecule is CC(C)CC(NC(=O)C(NC(=O)CN)C(C)C)C(=O)NC(C)C(=O)NC(Cc1ccccc1)C(=O)NC[C]=O. The molecular weight excluding hydrogens is 504 g/mol. The van der Waals surface area contributed by atoms with E-state index >= 15 is 0 Å². The third-order valence-corrected chi connectivity index (χ3v) is 5.79. The Bertz CT molecular complexity index is 984. The minimum atomic E-state index is -1.05.